The van der Waals surface area contributed by atoms with Crippen LogP contribution in [-0.4, -0.2) is 77.9 Å². The highest BCUT2D eigenvalue weighted by Crippen LogP contribution is 2.29. The first kappa shape index (κ1) is 18.4. The summed E-state index contributed by atoms with van der Waals surface area (Å²) < 4.78 is 5.51. The molecule has 3 fully saturated rings. The van der Waals surface area contributed by atoms with Crippen molar-refractivity contribution in [3.63, 3.8) is 0 Å². The van der Waals surface area contributed by atoms with Gasteiger partial charge in [0.05, 0.1) is 25.5 Å². The number of carbonyl (C=O) groups is 1. The van der Waals surface area contributed by atoms with Crippen LogP contribution < -0.4 is 10.2 Å². The van der Waals surface area contributed by atoms with Gasteiger partial charge in [-0.2, -0.15) is 4.98 Å². The molecule has 1 aromatic heterocycles. The lowest BCUT2D eigenvalue weighted by Crippen LogP contribution is -2.53. The van der Waals surface area contributed by atoms with Gasteiger partial charge in [0.25, 0.3) is 0 Å². The van der Waals surface area contributed by atoms with Gasteiger partial charge in [0, 0.05) is 44.3 Å². The Labute approximate surface area is 159 Å². The maximum absolute atomic E-state index is 12.7. The monoisotopic (exact) mass is 375 g/mol. The van der Waals surface area contributed by atoms with E-state index in [0.717, 1.165) is 50.5 Å². The van der Waals surface area contributed by atoms with Crippen LogP contribution in [-0.2, 0) is 9.53 Å². The third-order valence-electron chi connectivity index (χ3n) is 5.82. The van der Waals surface area contributed by atoms with Crippen LogP contribution in [0.25, 0.3) is 0 Å². The largest absolute Gasteiger partial charge is 0.395 e. The second kappa shape index (κ2) is 8.39. The Balaban J connectivity index is 1.51. The second-order valence-electron chi connectivity index (χ2n) is 7.63. The fraction of sp³-hybridized carbons (Fsp3) is 0.737. The van der Waals surface area contributed by atoms with Crippen molar-refractivity contribution < 1.29 is 14.6 Å². The van der Waals surface area contributed by atoms with E-state index in [1.165, 1.54) is 12.8 Å². The van der Waals surface area contributed by atoms with E-state index in [1.54, 1.807) is 0 Å². The number of rotatable bonds is 6. The predicted molar refractivity (Wildman–Crippen MR) is 102 cm³/mol. The van der Waals surface area contributed by atoms with Gasteiger partial charge in [-0.3, -0.25) is 4.79 Å². The summed E-state index contributed by atoms with van der Waals surface area (Å²) >= 11 is 0. The van der Waals surface area contributed by atoms with Crippen molar-refractivity contribution in [3.8, 4) is 0 Å². The molecule has 2 aliphatic heterocycles. The van der Waals surface area contributed by atoms with Gasteiger partial charge < -0.3 is 25.0 Å². The fourth-order valence-electron chi connectivity index (χ4n) is 4.32. The van der Waals surface area contributed by atoms with Crippen LogP contribution in [0.4, 0.5) is 11.8 Å². The molecule has 1 aromatic rings. The summed E-state index contributed by atoms with van der Waals surface area (Å²) in [6.45, 7) is 3.76. The van der Waals surface area contributed by atoms with Gasteiger partial charge in [0.15, 0.2) is 0 Å². The molecule has 1 atom stereocenters. The van der Waals surface area contributed by atoms with E-state index in [2.05, 4.69) is 25.1 Å². The third-order valence-corrected chi connectivity index (χ3v) is 5.82. The summed E-state index contributed by atoms with van der Waals surface area (Å²) in [7, 11) is 0. The molecule has 1 saturated carbocycles. The number of amides is 1. The SMILES string of the molecule is O=C1CN(c2cc(C3CCOC3)nc(NCCO)n2)CCN1C1CCCC1. The van der Waals surface area contributed by atoms with Gasteiger partial charge in [-0.1, -0.05) is 12.8 Å². The Bertz CT molecular complexity index is 659. The Hall–Kier alpha value is -1.93. The van der Waals surface area contributed by atoms with E-state index in [4.69, 9.17) is 9.84 Å². The van der Waals surface area contributed by atoms with Crippen molar-refractivity contribution >= 4 is 17.7 Å². The zero-order valence-corrected chi connectivity index (χ0v) is 15.8. The van der Waals surface area contributed by atoms with Gasteiger partial charge in [-0.15, -0.1) is 0 Å². The van der Waals surface area contributed by atoms with Crippen LogP contribution in [0.1, 0.15) is 43.7 Å². The zero-order chi connectivity index (χ0) is 18.6. The number of hydrogen-bond acceptors (Lipinski definition) is 7. The molecule has 1 aliphatic carbocycles. The fourth-order valence-corrected chi connectivity index (χ4v) is 4.32. The second-order valence-corrected chi connectivity index (χ2v) is 7.63. The Morgan fingerprint density at radius 3 is 2.78 bits per heavy atom. The zero-order valence-electron chi connectivity index (χ0n) is 15.8. The van der Waals surface area contributed by atoms with Crippen molar-refractivity contribution in [1.82, 2.24) is 14.9 Å². The molecule has 1 amide bonds. The molecule has 3 aliphatic rings. The predicted octanol–water partition coefficient (Wildman–Crippen LogP) is 0.976. The van der Waals surface area contributed by atoms with Crippen LogP contribution in [0, 0.1) is 0 Å². The minimum atomic E-state index is 0.0218. The van der Waals surface area contributed by atoms with Crippen LogP contribution >= 0.6 is 0 Å². The molecule has 0 spiro atoms. The maximum atomic E-state index is 12.7. The van der Waals surface area contributed by atoms with E-state index < -0.39 is 0 Å². The number of piperazine rings is 1. The molecule has 8 nitrogen and oxygen atoms in total. The van der Waals surface area contributed by atoms with Gasteiger partial charge in [-0.05, 0) is 19.3 Å². The van der Waals surface area contributed by atoms with Crippen LogP contribution in [0.2, 0.25) is 0 Å². The Kier molecular flexibility index (Phi) is 5.73. The molecule has 1 unspecified atom stereocenters. The maximum Gasteiger partial charge on any atom is 0.242 e. The van der Waals surface area contributed by atoms with E-state index in [-0.39, 0.29) is 18.4 Å². The first-order chi connectivity index (χ1) is 13.2. The lowest BCUT2D eigenvalue weighted by molar-refractivity contribution is -0.133. The van der Waals surface area contributed by atoms with Crippen LogP contribution in [0.15, 0.2) is 6.07 Å². The number of aliphatic hydroxyl groups excluding tert-OH is 1. The van der Waals surface area contributed by atoms with Crippen molar-refractivity contribution in [2.24, 2.45) is 0 Å². The van der Waals surface area contributed by atoms with E-state index in [9.17, 15) is 4.79 Å². The summed E-state index contributed by atoms with van der Waals surface area (Å²) in [5.41, 5.74) is 0.948. The molecule has 2 N–H and O–H groups in total. The van der Waals surface area contributed by atoms with Crippen molar-refractivity contribution in [2.45, 2.75) is 44.1 Å². The lowest BCUT2D eigenvalue weighted by atomic mass is 10.0. The van der Waals surface area contributed by atoms with Crippen LogP contribution in [0.5, 0.6) is 0 Å². The van der Waals surface area contributed by atoms with Crippen molar-refractivity contribution in [3.05, 3.63) is 11.8 Å². The molecule has 148 valence electrons. The van der Waals surface area contributed by atoms with Gasteiger partial charge in [0.1, 0.15) is 5.82 Å². The van der Waals surface area contributed by atoms with E-state index in [1.807, 2.05) is 6.07 Å². The topological polar surface area (TPSA) is 90.8 Å². The smallest absolute Gasteiger partial charge is 0.242 e. The molecule has 8 heteroatoms. The lowest BCUT2D eigenvalue weighted by Gasteiger charge is -2.38. The normalized spacial score (nSPS) is 24.0. The standard InChI is InChI=1S/C19H29N5O3/c25-9-6-20-19-21-16(14-5-10-27-13-14)11-17(22-19)23-7-8-24(18(26)12-23)15-3-1-2-4-15/h11,14-15,25H,1-10,12-13H2,(H,20,21,22). The minimum absolute atomic E-state index is 0.0218. The number of aliphatic hydroxyl groups is 1. The summed E-state index contributed by atoms with van der Waals surface area (Å²) in [5, 5.41) is 12.2. The number of ether oxygens (including phenoxy) is 1. The Morgan fingerprint density at radius 1 is 1.22 bits per heavy atom. The number of carbonyl (C=O) groups excluding carboxylic acids is 1. The quantitative estimate of drug-likeness (QED) is 0.766. The van der Waals surface area contributed by atoms with Gasteiger partial charge in [0.2, 0.25) is 11.9 Å². The molecule has 4 rings (SSSR count). The molecule has 27 heavy (non-hydrogen) atoms. The first-order valence-corrected chi connectivity index (χ1v) is 10.1. The number of aromatic nitrogens is 2. The van der Waals surface area contributed by atoms with Crippen molar-refractivity contribution in [2.75, 3.05) is 56.2 Å². The van der Waals surface area contributed by atoms with E-state index >= 15 is 0 Å². The summed E-state index contributed by atoms with van der Waals surface area (Å²) in [4.78, 5) is 26.1. The average Bonchev–Trinajstić information content (AvgIpc) is 3.40. The first-order valence-electron chi connectivity index (χ1n) is 10.1. The highest BCUT2D eigenvalue weighted by molar-refractivity contribution is 5.83. The van der Waals surface area contributed by atoms with Gasteiger partial charge >= 0.3 is 0 Å². The number of hydrogen-bond donors (Lipinski definition) is 2. The average molecular weight is 375 g/mol. The molecule has 0 radical (unpaired) electrons. The highest BCUT2D eigenvalue weighted by atomic mass is 16.5. The van der Waals surface area contributed by atoms with Gasteiger partial charge in [-0.25, -0.2) is 4.98 Å². The van der Waals surface area contributed by atoms with E-state index in [0.29, 0.717) is 31.7 Å². The molecule has 3 heterocycles. The molecular weight excluding hydrogens is 346 g/mol. The summed E-state index contributed by atoms with van der Waals surface area (Å²) in [6, 6.07) is 2.43. The highest BCUT2D eigenvalue weighted by Gasteiger charge is 2.32. The third kappa shape index (κ3) is 4.16. The Morgan fingerprint density at radius 2 is 2.07 bits per heavy atom. The number of nitrogens with one attached hydrogen (secondary N) is 1. The molecular formula is C19H29N5O3. The number of anilines is 2. The summed E-state index contributed by atoms with van der Waals surface area (Å²) in [5.74, 6) is 1.75. The minimum Gasteiger partial charge on any atom is -0.395 e. The molecule has 2 saturated heterocycles. The molecule has 0 bridgehead atoms. The van der Waals surface area contributed by atoms with Crippen LogP contribution in [0.3, 0.4) is 0 Å². The van der Waals surface area contributed by atoms with Crippen molar-refractivity contribution in [1.29, 1.82) is 0 Å². The summed E-state index contributed by atoms with van der Waals surface area (Å²) in [6.07, 6.45) is 5.69. The number of nitrogens with zero attached hydrogens (tertiary/aromatic N) is 4. The molecule has 0 aromatic carbocycles.